The van der Waals surface area contributed by atoms with Crippen LogP contribution in [0, 0.1) is 19.8 Å². The average Bonchev–Trinajstić information content (AvgIpc) is 3.18. The Hall–Kier alpha value is -1.88. The zero-order valence-corrected chi connectivity index (χ0v) is 12.6. The molecule has 0 heterocycles. The number of nitrogens with one attached hydrogen (secondary N) is 1. The molecule has 1 aromatic rings. The van der Waals surface area contributed by atoms with Crippen LogP contribution in [0.1, 0.15) is 24.0 Å². The fourth-order valence-electron chi connectivity index (χ4n) is 2.32. The molecule has 2 N–H and O–H groups in total. The number of carboxylic acids is 1. The van der Waals surface area contributed by atoms with Crippen molar-refractivity contribution in [2.75, 3.05) is 25.0 Å². The molecule has 5 heteroatoms. The van der Waals surface area contributed by atoms with Crippen LogP contribution in [0.25, 0.3) is 0 Å². The van der Waals surface area contributed by atoms with E-state index in [1.807, 2.05) is 32.0 Å². The zero-order valence-electron chi connectivity index (χ0n) is 12.6. The topological polar surface area (TPSA) is 69.6 Å². The Kier molecular flexibility index (Phi) is 4.96. The van der Waals surface area contributed by atoms with Gasteiger partial charge in [0.2, 0.25) is 5.91 Å². The van der Waals surface area contributed by atoms with Crippen molar-refractivity contribution in [2.24, 2.45) is 5.92 Å². The lowest BCUT2D eigenvalue weighted by atomic mass is 10.1. The minimum Gasteiger partial charge on any atom is -0.480 e. The first kappa shape index (κ1) is 15.5. The first-order valence-corrected chi connectivity index (χ1v) is 7.26. The van der Waals surface area contributed by atoms with Crippen molar-refractivity contribution in [1.82, 2.24) is 4.90 Å². The number of nitrogens with zero attached hydrogens (tertiary/aromatic N) is 1. The summed E-state index contributed by atoms with van der Waals surface area (Å²) in [7, 11) is 0. The van der Waals surface area contributed by atoms with Gasteiger partial charge in [0.25, 0.3) is 0 Å². The van der Waals surface area contributed by atoms with Crippen LogP contribution in [0.5, 0.6) is 0 Å². The lowest BCUT2D eigenvalue weighted by Crippen LogP contribution is -2.38. The second-order valence-electron chi connectivity index (χ2n) is 5.80. The first-order chi connectivity index (χ1) is 9.95. The highest BCUT2D eigenvalue weighted by Crippen LogP contribution is 2.29. The summed E-state index contributed by atoms with van der Waals surface area (Å²) in [6, 6.07) is 5.76. The molecule has 5 nitrogen and oxygen atoms in total. The standard InChI is InChI=1S/C16H22N2O3/c1-11-4-3-5-14(12(11)2)17-15(19)9-18(10-16(20)21)8-13-6-7-13/h3-5,13H,6-10H2,1-2H3,(H,17,19)(H,20,21). The van der Waals surface area contributed by atoms with Crippen molar-refractivity contribution < 1.29 is 14.7 Å². The largest absolute Gasteiger partial charge is 0.480 e. The van der Waals surface area contributed by atoms with Crippen LogP contribution < -0.4 is 5.32 Å². The summed E-state index contributed by atoms with van der Waals surface area (Å²) in [5, 5.41) is 11.8. The molecule has 2 rings (SSSR count). The summed E-state index contributed by atoms with van der Waals surface area (Å²) in [4.78, 5) is 24.7. The molecule has 0 aliphatic heterocycles. The summed E-state index contributed by atoms with van der Waals surface area (Å²) >= 11 is 0. The molecule has 0 saturated heterocycles. The van der Waals surface area contributed by atoms with Crippen molar-refractivity contribution in [3.63, 3.8) is 0 Å². The molecule has 0 bridgehead atoms. The number of anilines is 1. The fourth-order valence-corrected chi connectivity index (χ4v) is 2.32. The highest BCUT2D eigenvalue weighted by molar-refractivity contribution is 5.93. The fraction of sp³-hybridized carbons (Fsp3) is 0.500. The number of benzene rings is 1. The van der Waals surface area contributed by atoms with Crippen LogP contribution in [-0.2, 0) is 9.59 Å². The summed E-state index contributed by atoms with van der Waals surface area (Å²) < 4.78 is 0. The number of carbonyl (C=O) groups is 2. The molecule has 0 atom stereocenters. The lowest BCUT2D eigenvalue weighted by Gasteiger charge is -2.20. The van der Waals surface area contributed by atoms with E-state index in [2.05, 4.69) is 5.32 Å². The van der Waals surface area contributed by atoms with E-state index >= 15 is 0 Å². The van der Waals surface area contributed by atoms with E-state index in [1.54, 1.807) is 4.90 Å². The van der Waals surface area contributed by atoms with E-state index in [-0.39, 0.29) is 19.0 Å². The van der Waals surface area contributed by atoms with Crippen molar-refractivity contribution >= 4 is 17.6 Å². The highest BCUT2D eigenvalue weighted by Gasteiger charge is 2.26. The van der Waals surface area contributed by atoms with Gasteiger partial charge in [0.15, 0.2) is 0 Å². The van der Waals surface area contributed by atoms with Crippen LogP contribution in [0.4, 0.5) is 5.69 Å². The minimum atomic E-state index is -0.893. The Bertz CT molecular complexity index is 538. The minimum absolute atomic E-state index is 0.0866. The van der Waals surface area contributed by atoms with Crippen molar-refractivity contribution in [1.29, 1.82) is 0 Å². The van der Waals surface area contributed by atoms with Gasteiger partial charge in [-0.05, 0) is 49.8 Å². The number of hydrogen-bond donors (Lipinski definition) is 2. The normalized spacial score (nSPS) is 14.2. The van der Waals surface area contributed by atoms with Gasteiger partial charge in [-0.1, -0.05) is 12.1 Å². The number of rotatable bonds is 7. The van der Waals surface area contributed by atoms with Crippen LogP contribution in [0.15, 0.2) is 18.2 Å². The number of carboxylic acid groups (broad SMARTS) is 1. The number of aryl methyl sites for hydroxylation is 1. The molecule has 114 valence electrons. The number of carbonyl (C=O) groups excluding carboxylic acids is 1. The molecule has 1 amide bonds. The third-order valence-electron chi connectivity index (χ3n) is 3.82. The Labute approximate surface area is 125 Å². The molecule has 1 saturated carbocycles. The van der Waals surface area contributed by atoms with E-state index in [4.69, 9.17) is 5.11 Å². The predicted molar refractivity (Wildman–Crippen MR) is 81.3 cm³/mol. The quantitative estimate of drug-likeness (QED) is 0.806. The van der Waals surface area contributed by atoms with Crippen LogP contribution in [-0.4, -0.2) is 41.5 Å². The van der Waals surface area contributed by atoms with Gasteiger partial charge in [-0.3, -0.25) is 14.5 Å². The maximum atomic E-state index is 12.1. The van der Waals surface area contributed by atoms with Crippen LogP contribution >= 0.6 is 0 Å². The van der Waals surface area contributed by atoms with E-state index in [9.17, 15) is 9.59 Å². The Balaban J connectivity index is 1.94. The average molecular weight is 290 g/mol. The van der Waals surface area contributed by atoms with E-state index < -0.39 is 5.97 Å². The Morgan fingerprint density at radius 3 is 2.62 bits per heavy atom. The van der Waals surface area contributed by atoms with Gasteiger partial charge in [-0.2, -0.15) is 0 Å². The Morgan fingerprint density at radius 1 is 1.29 bits per heavy atom. The molecule has 1 aliphatic carbocycles. The molecule has 21 heavy (non-hydrogen) atoms. The molecule has 0 spiro atoms. The zero-order chi connectivity index (χ0) is 15.4. The van der Waals surface area contributed by atoms with Crippen LogP contribution in [0.2, 0.25) is 0 Å². The van der Waals surface area contributed by atoms with Gasteiger partial charge < -0.3 is 10.4 Å². The SMILES string of the molecule is Cc1cccc(NC(=O)CN(CC(=O)O)CC2CC2)c1C. The van der Waals surface area contributed by atoms with Crippen molar-refractivity contribution in [3.05, 3.63) is 29.3 Å². The van der Waals surface area contributed by atoms with Crippen molar-refractivity contribution in [3.8, 4) is 0 Å². The highest BCUT2D eigenvalue weighted by atomic mass is 16.4. The van der Waals surface area contributed by atoms with Crippen LogP contribution in [0.3, 0.4) is 0 Å². The summed E-state index contributed by atoms with van der Waals surface area (Å²) in [5.41, 5.74) is 2.95. The summed E-state index contributed by atoms with van der Waals surface area (Å²) in [6.07, 6.45) is 2.27. The van der Waals surface area contributed by atoms with E-state index in [1.165, 1.54) is 0 Å². The maximum absolute atomic E-state index is 12.1. The Morgan fingerprint density at radius 2 is 2.00 bits per heavy atom. The number of hydrogen-bond acceptors (Lipinski definition) is 3. The number of amides is 1. The molecule has 0 radical (unpaired) electrons. The smallest absolute Gasteiger partial charge is 0.317 e. The van der Waals surface area contributed by atoms with Gasteiger partial charge in [0.05, 0.1) is 13.1 Å². The van der Waals surface area contributed by atoms with Gasteiger partial charge in [0.1, 0.15) is 0 Å². The molecule has 0 unspecified atom stereocenters. The van der Waals surface area contributed by atoms with Gasteiger partial charge >= 0.3 is 5.97 Å². The predicted octanol–water partition coefficient (Wildman–Crippen LogP) is 2.04. The summed E-state index contributed by atoms with van der Waals surface area (Å²) in [6.45, 7) is 4.68. The molecule has 1 fully saturated rings. The second-order valence-corrected chi connectivity index (χ2v) is 5.80. The third-order valence-corrected chi connectivity index (χ3v) is 3.82. The molecule has 1 aliphatic rings. The monoisotopic (exact) mass is 290 g/mol. The molecule has 1 aromatic carbocycles. The number of aliphatic carboxylic acids is 1. The van der Waals surface area contributed by atoms with Gasteiger partial charge in [0, 0.05) is 12.2 Å². The van der Waals surface area contributed by atoms with Gasteiger partial charge in [-0.25, -0.2) is 0 Å². The van der Waals surface area contributed by atoms with E-state index in [0.717, 1.165) is 29.7 Å². The maximum Gasteiger partial charge on any atom is 0.317 e. The molecule has 0 aromatic heterocycles. The third kappa shape index (κ3) is 4.86. The van der Waals surface area contributed by atoms with E-state index in [0.29, 0.717) is 12.5 Å². The molecular formula is C16H22N2O3. The second kappa shape index (κ2) is 6.72. The summed E-state index contributed by atoms with van der Waals surface area (Å²) in [5.74, 6) is -0.501. The lowest BCUT2D eigenvalue weighted by molar-refractivity contribution is -0.138. The van der Waals surface area contributed by atoms with Gasteiger partial charge in [-0.15, -0.1) is 0 Å². The first-order valence-electron chi connectivity index (χ1n) is 7.26. The molecular weight excluding hydrogens is 268 g/mol. The van der Waals surface area contributed by atoms with Crippen molar-refractivity contribution in [2.45, 2.75) is 26.7 Å².